The molecule has 1 aromatic carbocycles. The summed E-state index contributed by atoms with van der Waals surface area (Å²) in [6, 6.07) is 0.385. The van der Waals surface area contributed by atoms with Crippen molar-refractivity contribution in [3.63, 3.8) is 0 Å². The zero-order valence-corrected chi connectivity index (χ0v) is 6.63. The Morgan fingerprint density at radius 1 is 1.36 bits per heavy atom. The van der Waals surface area contributed by atoms with E-state index in [1.165, 1.54) is 0 Å². The Morgan fingerprint density at radius 2 is 1.93 bits per heavy atom. The molecule has 4 nitrogen and oxygen atoms in total. The highest BCUT2D eigenvalue weighted by Gasteiger charge is 2.26. The van der Waals surface area contributed by atoms with Gasteiger partial charge < -0.3 is 5.11 Å². The summed E-state index contributed by atoms with van der Waals surface area (Å²) in [7, 11) is 0. The summed E-state index contributed by atoms with van der Waals surface area (Å²) in [5, 5.41) is 18.8. The average molecular weight is 207 g/mol. The summed E-state index contributed by atoms with van der Waals surface area (Å²) in [6.45, 7) is -0.940. The molecule has 0 amide bonds. The van der Waals surface area contributed by atoms with E-state index in [-0.39, 0.29) is 0 Å². The third kappa shape index (κ3) is 1.53. The molecule has 0 unspecified atom stereocenters. The van der Waals surface area contributed by atoms with Gasteiger partial charge in [-0.05, 0) is 6.07 Å². The monoisotopic (exact) mass is 207 g/mol. The van der Waals surface area contributed by atoms with Crippen LogP contribution in [0.2, 0.25) is 0 Å². The van der Waals surface area contributed by atoms with Gasteiger partial charge in [0.05, 0.1) is 17.1 Å². The number of aliphatic hydroxyl groups is 1. The molecule has 0 saturated heterocycles. The molecule has 0 bridgehead atoms. The molecule has 0 radical (unpaired) electrons. The lowest BCUT2D eigenvalue weighted by molar-refractivity contribution is -0.388. The number of hydrogen-bond acceptors (Lipinski definition) is 3. The summed E-state index contributed by atoms with van der Waals surface area (Å²) in [4.78, 5) is 9.01. The Morgan fingerprint density at radius 3 is 2.36 bits per heavy atom. The minimum Gasteiger partial charge on any atom is -0.391 e. The fourth-order valence-corrected chi connectivity index (χ4v) is 0.952. The molecule has 1 aromatic rings. The number of hydrogen-bond donors (Lipinski definition) is 1. The van der Waals surface area contributed by atoms with Crippen LogP contribution in [-0.4, -0.2) is 10.0 Å². The molecular formula is C7H4F3NO3. The van der Waals surface area contributed by atoms with Crippen LogP contribution in [0.1, 0.15) is 5.56 Å². The van der Waals surface area contributed by atoms with E-state index in [1.54, 1.807) is 0 Å². The van der Waals surface area contributed by atoms with Gasteiger partial charge in [0.1, 0.15) is 0 Å². The van der Waals surface area contributed by atoms with Crippen molar-refractivity contribution < 1.29 is 23.2 Å². The summed E-state index contributed by atoms with van der Waals surface area (Å²) >= 11 is 0. The quantitative estimate of drug-likeness (QED) is 0.454. The third-order valence-electron chi connectivity index (χ3n) is 1.57. The molecule has 0 fully saturated rings. The van der Waals surface area contributed by atoms with Crippen LogP contribution in [0.15, 0.2) is 6.07 Å². The van der Waals surface area contributed by atoms with Crippen molar-refractivity contribution in [2.75, 3.05) is 0 Å². The molecule has 0 aliphatic heterocycles. The lowest BCUT2D eigenvalue weighted by atomic mass is 10.1. The predicted molar refractivity (Wildman–Crippen MR) is 38.9 cm³/mol. The molecule has 0 aromatic heterocycles. The van der Waals surface area contributed by atoms with E-state index in [0.717, 1.165) is 0 Å². The van der Waals surface area contributed by atoms with Crippen LogP contribution < -0.4 is 0 Å². The molecule has 1 N–H and O–H groups in total. The van der Waals surface area contributed by atoms with Gasteiger partial charge in [-0.3, -0.25) is 10.1 Å². The van der Waals surface area contributed by atoms with Crippen molar-refractivity contribution in [1.82, 2.24) is 0 Å². The van der Waals surface area contributed by atoms with Crippen molar-refractivity contribution in [3.05, 3.63) is 39.2 Å². The number of nitro groups is 1. The topological polar surface area (TPSA) is 63.4 Å². The number of benzene rings is 1. The normalized spacial score (nSPS) is 10.3. The zero-order valence-electron chi connectivity index (χ0n) is 6.63. The number of nitro benzene ring substituents is 1. The van der Waals surface area contributed by atoms with E-state index >= 15 is 0 Å². The molecule has 1 rings (SSSR count). The minimum atomic E-state index is -1.92. The first-order valence-electron chi connectivity index (χ1n) is 3.40. The van der Waals surface area contributed by atoms with E-state index in [9.17, 15) is 23.3 Å². The van der Waals surface area contributed by atoms with Gasteiger partial charge in [0.15, 0.2) is 5.82 Å². The fourth-order valence-electron chi connectivity index (χ4n) is 0.952. The second-order valence-electron chi connectivity index (χ2n) is 2.41. The first-order valence-corrected chi connectivity index (χ1v) is 3.40. The molecule has 0 atom stereocenters. The SMILES string of the molecule is O=[N+]([O-])c1c(CO)cc(F)c(F)c1F. The molecule has 0 heterocycles. The maximum atomic E-state index is 12.8. The summed E-state index contributed by atoms with van der Waals surface area (Å²) < 4.78 is 37.8. The summed E-state index contributed by atoms with van der Waals surface area (Å²) in [6.07, 6.45) is 0. The minimum absolute atomic E-state index is 0.385. The van der Waals surface area contributed by atoms with E-state index in [1.807, 2.05) is 0 Å². The van der Waals surface area contributed by atoms with Crippen LogP contribution in [0, 0.1) is 27.6 Å². The van der Waals surface area contributed by atoms with Crippen LogP contribution in [0.25, 0.3) is 0 Å². The zero-order chi connectivity index (χ0) is 10.9. The van der Waals surface area contributed by atoms with Gasteiger partial charge >= 0.3 is 5.69 Å². The highest BCUT2D eigenvalue weighted by molar-refractivity contribution is 5.42. The largest absolute Gasteiger partial charge is 0.391 e. The summed E-state index contributed by atoms with van der Waals surface area (Å²) in [5.41, 5.74) is -1.85. The van der Waals surface area contributed by atoms with Gasteiger partial charge in [0.2, 0.25) is 11.6 Å². The van der Waals surface area contributed by atoms with Crippen LogP contribution >= 0.6 is 0 Å². The maximum Gasteiger partial charge on any atom is 0.313 e. The summed E-state index contributed by atoms with van der Waals surface area (Å²) in [5.74, 6) is -5.40. The number of aliphatic hydroxyl groups excluding tert-OH is 1. The number of rotatable bonds is 2. The first-order chi connectivity index (χ1) is 6.49. The van der Waals surface area contributed by atoms with Gasteiger partial charge in [-0.2, -0.15) is 4.39 Å². The molecule has 0 spiro atoms. The third-order valence-corrected chi connectivity index (χ3v) is 1.57. The standard InChI is InChI=1S/C7H4F3NO3/c8-4-1-3(2-12)7(11(13)14)6(10)5(4)9/h1,12H,2H2. The highest BCUT2D eigenvalue weighted by atomic mass is 19.2. The fraction of sp³-hybridized carbons (Fsp3) is 0.143. The van der Waals surface area contributed by atoms with Crippen LogP contribution in [0.4, 0.5) is 18.9 Å². The van der Waals surface area contributed by atoms with Gasteiger partial charge in [0, 0.05) is 0 Å². The lowest BCUT2D eigenvalue weighted by Gasteiger charge is -2.01. The molecule has 14 heavy (non-hydrogen) atoms. The Bertz CT molecular complexity index is 394. The smallest absolute Gasteiger partial charge is 0.313 e. The van der Waals surface area contributed by atoms with E-state index in [4.69, 9.17) is 5.11 Å². The second kappa shape index (κ2) is 3.62. The van der Waals surface area contributed by atoms with Gasteiger partial charge in [0.25, 0.3) is 0 Å². The molecule has 7 heteroatoms. The van der Waals surface area contributed by atoms with Gasteiger partial charge in [-0.25, -0.2) is 8.78 Å². The first kappa shape index (κ1) is 10.5. The van der Waals surface area contributed by atoms with E-state index < -0.39 is 40.2 Å². The Labute approximate surface area is 75.7 Å². The van der Waals surface area contributed by atoms with Crippen molar-refractivity contribution in [1.29, 1.82) is 0 Å². The Kier molecular flexibility index (Phi) is 2.70. The highest BCUT2D eigenvalue weighted by Crippen LogP contribution is 2.26. The van der Waals surface area contributed by atoms with E-state index in [0.29, 0.717) is 6.07 Å². The van der Waals surface area contributed by atoms with Crippen molar-refractivity contribution in [3.8, 4) is 0 Å². The molecule has 0 saturated carbocycles. The second-order valence-corrected chi connectivity index (χ2v) is 2.41. The Balaban J connectivity index is 3.53. The van der Waals surface area contributed by atoms with Gasteiger partial charge in [-0.15, -0.1) is 0 Å². The van der Waals surface area contributed by atoms with Crippen LogP contribution in [0.5, 0.6) is 0 Å². The molecule has 0 aliphatic rings. The number of halogens is 3. The van der Waals surface area contributed by atoms with Crippen molar-refractivity contribution in [2.24, 2.45) is 0 Å². The van der Waals surface area contributed by atoms with E-state index in [2.05, 4.69) is 0 Å². The van der Waals surface area contributed by atoms with Crippen molar-refractivity contribution >= 4 is 5.69 Å². The number of nitrogens with zero attached hydrogens (tertiary/aromatic N) is 1. The molecule has 0 aliphatic carbocycles. The maximum absolute atomic E-state index is 12.8. The van der Waals surface area contributed by atoms with Gasteiger partial charge in [-0.1, -0.05) is 0 Å². The Hall–Kier alpha value is -1.63. The predicted octanol–water partition coefficient (Wildman–Crippen LogP) is 1.50. The van der Waals surface area contributed by atoms with Crippen molar-refractivity contribution in [2.45, 2.75) is 6.61 Å². The average Bonchev–Trinajstić information content (AvgIpc) is 2.12. The molecule has 76 valence electrons. The van der Waals surface area contributed by atoms with Crippen LogP contribution in [-0.2, 0) is 6.61 Å². The molecular weight excluding hydrogens is 203 g/mol. The lowest BCUT2D eigenvalue weighted by Crippen LogP contribution is -2.03. The van der Waals surface area contributed by atoms with Crippen LogP contribution in [0.3, 0.4) is 0 Å².